The van der Waals surface area contributed by atoms with Gasteiger partial charge < -0.3 is 10.2 Å². The summed E-state index contributed by atoms with van der Waals surface area (Å²) in [6.07, 6.45) is -0.297. The van der Waals surface area contributed by atoms with Gasteiger partial charge in [0.15, 0.2) is 5.84 Å². The lowest BCUT2D eigenvalue weighted by atomic mass is 9.91. The minimum absolute atomic E-state index is 0.297. The van der Waals surface area contributed by atoms with Crippen molar-refractivity contribution >= 4 is 28.7 Å². The molecule has 1 N–H and O–H groups in total. The van der Waals surface area contributed by atoms with Crippen LogP contribution in [0.25, 0.3) is 22.3 Å². The van der Waals surface area contributed by atoms with E-state index in [1.54, 1.807) is 0 Å². The molecule has 0 radical (unpaired) electrons. The Bertz CT molecular complexity index is 2120. The first kappa shape index (κ1) is 29.9. The number of hydrogen-bond acceptors (Lipinski definition) is 4. The molecule has 4 heteroatoms. The Morgan fingerprint density at radius 1 is 0.429 bits per heavy atom. The molecule has 0 aliphatic carbocycles. The highest BCUT2D eigenvalue weighted by Crippen LogP contribution is 2.47. The smallest absolute Gasteiger partial charge is 0.159 e. The molecule has 1 aliphatic rings. The van der Waals surface area contributed by atoms with Crippen LogP contribution in [0.5, 0.6) is 0 Å². The number of anilines is 3. The van der Waals surface area contributed by atoms with E-state index in [9.17, 15) is 0 Å². The molecule has 0 bridgehead atoms. The summed E-state index contributed by atoms with van der Waals surface area (Å²) < 4.78 is 0. The van der Waals surface area contributed by atoms with Gasteiger partial charge in [-0.15, -0.1) is 0 Å². The molecule has 0 saturated carbocycles. The second-order valence-corrected chi connectivity index (χ2v) is 11.9. The summed E-state index contributed by atoms with van der Waals surface area (Å²) in [5.41, 5.74) is 10.7. The van der Waals surface area contributed by atoms with Gasteiger partial charge >= 0.3 is 0 Å². The number of nitrogens with zero attached hydrogens (tertiary/aromatic N) is 3. The van der Waals surface area contributed by atoms with Gasteiger partial charge in [0.1, 0.15) is 12.0 Å². The zero-order valence-electron chi connectivity index (χ0n) is 26.9. The summed E-state index contributed by atoms with van der Waals surface area (Å²) in [4.78, 5) is 12.7. The molecular weight excluding hydrogens is 597 g/mol. The summed E-state index contributed by atoms with van der Waals surface area (Å²) in [6.45, 7) is 0. The molecular formula is C45H34N4. The predicted molar refractivity (Wildman–Crippen MR) is 204 cm³/mol. The number of rotatable bonds is 8. The molecule has 8 rings (SSSR count). The average molecular weight is 631 g/mol. The molecule has 1 aliphatic heterocycles. The Morgan fingerprint density at radius 2 is 0.837 bits per heavy atom. The van der Waals surface area contributed by atoms with Gasteiger partial charge in [-0.25, -0.2) is 9.98 Å². The highest BCUT2D eigenvalue weighted by molar-refractivity contribution is 6.14. The zero-order valence-corrected chi connectivity index (χ0v) is 26.9. The fourth-order valence-electron chi connectivity index (χ4n) is 6.37. The van der Waals surface area contributed by atoms with Gasteiger partial charge in [-0.05, 0) is 53.1 Å². The van der Waals surface area contributed by atoms with Crippen LogP contribution in [-0.2, 0) is 0 Å². The summed E-state index contributed by atoms with van der Waals surface area (Å²) in [7, 11) is 0. The van der Waals surface area contributed by atoms with Crippen LogP contribution in [0.4, 0.5) is 17.1 Å². The monoisotopic (exact) mass is 630 g/mol. The van der Waals surface area contributed by atoms with Crippen molar-refractivity contribution in [2.75, 3.05) is 4.90 Å². The SMILES string of the molecule is c1ccc(C2=NC(c3ccccc3)NC(c3cc(-c4ccccc4)c(N(c4ccccc4)c4ccccc4)c(-c4ccccc4)c3)=N2)cc1. The van der Waals surface area contributed by atoms with Gasteiger partial charge in [-0.3, -0.25) is 0 Å². The molecule has 1 heterocycles. The minimum atomic E-state index is -0.297. The third-order valence-corrected chi connectivity index (χ3v) is 8.70. The molecule has 1 atom stereocenters. The lowest BCUT2D eigenvalue weighted by molar-refractivity contribution is 0.674. The van der Waals surface area contributed by atoms with E-state index in [0.717, 1.165) is 61.8 Å². The minimum Gasteiger partial charge on any atom is -0.344 e. The Morgan fingerprint density at radius 3 is 1.31 bits per heavy atom. The number of amidine groups is 2. The normalized spacial score (nSPS) is 13.9. The van der Waals surface area contributed by atoms with Crippen LogP contribution in [0.15, 0.2) is 204 Å². The van der Waals surface area contributed by atoms with Crippen LogP contribution >= 0.6 is 0 Å². The molecule has 0 fully saturated rings. The topological polar surface area (TPSA) is 40.0 Å². The van der Waals surface area contributed by atoms with Gasteiger partial charge in [0.05, 0.1) is 5.69 Å². The molecule has 4 nitrogen and oxygen atoms in total. The molecule has 0 saturated heterocycles. The predicted octanol–water partition coefficient (Wildman–Crippen LogP) is 11.0. The maximum absolute atomic E-state index is 5.20. The first-order valence-electron chi connectivity index (χ1n) is 16.5. The van der Waals surface area contributed by atoms with E-state index in [2.05, 4.69) is 180 Å². The number of hydrogen-bond donors (Lipinski definition) is 1. The molecule has 234 valence electrons. The Kier molecular flexibility index (Phi) is 8.34. The summed E-state index contributed by atoms with van der Waals surface area (Å²) in [5.74, 6) is 1.47. The van der Waals surface area contributed by atoms with Crippen molar-refractivity contribution in [2.24, 2.45) is 9.98 Å². The van der Waals surface area contributed by atoms with Crippen LogP contribution in [0.2, 0.25) is 0 Å². The van der Waals surface area contributed by atoms with Crippen molar-refractivity contribution in [1.82, 2.24) is 5.32 Å². The number of aliphatic imine (C=N–C) groups is 2. The van der Waals surface area contributed by atoms with E-state index in [1.807, 2.05) is 24.3 Å². The maximum Gasteiger partial charge on any atom is 0.159 e. The quantitative estimate of drug-likeness (QED) is 0.181. The van der Waals surface area contributed by atoms with Crippen molar-refractivity contribution < 1.29 is 0 Å². The first-order valence-corrected chi connectivity index (χ1v) is 16.5. The van der Waals surface area contributed by atoms with Crippen LogP contribution < -0.4 is 10.2 Å². The van der Waals surface area contributed by atoms with Crippen molar-refractivity contribution in [1.29, 1.82) is 0 Å². The summed E-state index contributed by atoms with van der Waals surface area (Å²) in [5, 5.41) is 3.70. The van der Waals surface area contributed by atoms with Crippen molar-refractivity contribution in [3.05, 3.63) is 211 Å². The molecule has 49 heavy (non-hydrogen) atoms. The van der Waals surface area contributed by atoms with Crippen molar-refractivity contribution in [3.8, 4) is 22.3 Å². The van der Waals surface area contributed by atoms with Crippen LogP contribution in [-0.4, -0.2) is 11.7 Å². The fraction of sp³-hybridized carbons (Fsp3) is 0.0222. The molecule has 1 unspecified atom stereocenters. The van der Waals surface area contributed by atoms with Gasteiger partial charge in [-0.1, -0.05) is 158 Å². The largest absolute Gasteiger partial charge is 0.344 e. The van der Waals surface area contributed by atoms with Gasteiger partial charge in [0, 0.05) is 33.6 Å². The highest BCUT2D eigenvalue weighted by atomic mass is 15.2. The van der Waals surface area contributed by atoms with E-state index in [0.29, 0.717) is 5.84 Å². The lowest BCUT2D eigenvalue weighted by Crippen LogP contribution is -2.33. The third kappa shape index (κ3) is 6.28. The van der Waals surface area contributed by atoms with E-state index in [-0.39, 0.29) is 6.17 Å². The molecule has 7 aromatic rings. The second-order valence-electron chi connectivity index (χ2n) is 11.9. The zero-order chi connectivity index (χ0) is 32.8. The number of para-hydroxylation sites is 2. The van der Waals surface area contributed by atoms with E-state index < -0.39 is 0 Å². The Hall–Kier alpha value is -6.52. The van der Waals surface area contributed by atoms with Gasteiger partial charge in [0.25, 0.3) is 0 Å². The van der Waals surface area contributed by atoms with Crippen molar-refractivity contribution in [3.63, 3.8) is 0 Å². The van der Waals surface area contributed by atoms with Crippen molar-refractivity contribution in [2.45, 2.75) is 6.17 Å². The maximum atomic E-state index is 5.20. The Labute approximate surface area is 287 Å². The van der Waals surface area contributed by atoms with Crippen LogP contribution in [0, 0.1) is 0 Å². The molecule has 0 spiro atoms. The highest BCUT2D eigenvalue weighted by Gasteiger charge is 2.26. The second kappa shape index (κ2) is 13.7. The Balaban J connectivity index is 1.41. The van der Waals surface area contributed by atoms with E-state index in [4.69, 9.17) is 9.98 Å². The molecule has 7 aromatic carbocycles. The van der Waals surface area contributed by atoms with Crippen LogP contribution in [0.1, 0.15) is 22.9 Å². The van der Waals surface area contributed by atoms with E-state index in [1.165, 1.54) is 0 Å². The molecule has 0 aromatic heterocycles. The lowest BCUT2D eigenvalue weighted by Gasteiger charge is -2.31. The first-order chi connectivity index (χ1) is 24.3. The number of benzene rings is 7. The third-order valence-electron chi connectivity index (χ3n) is 8.70. The van der Waals surface area contributed by atoms with E-state index >= 15 is 0 Å². The summed E-state index contributed by atoms with van der Waals surface area (Å²) in [6, 6.07) is 67.6. The standard InChI is InChI=1S/C45H34N4/c1-7-19-33(20-8-1)40-31-37(45-47-43(35-23-11-3-12-24-35)46-44(48-45)36-25-13-4-14-26-36)32-41(34-21-9-2-10-22-34)42(40)49(38-27-15-5-16-28-38)39-29-17-6-18-30-39/h1-32,43H,(H,46,47,48). The number of nitrogens with one attached hydrogen (secondary N) is 1. The van der Waals surface area contributed by atoms with Gasteiger partial charge in [-0.2, -0.15) is 0 Å². The van der Waals surface area contributed by atoms with Crippen LogP contribution in [0.3, 0.4) is 0 Å². The fourth-order valence-corrected chi connectivity index (χ4v) is 6.37. The summed E-state index contributed by atoms with van der Waals surface area (Å²) >= 11 is 0. The average Bonchev–Trinajstić information content (AvgIpc) is 3.20. The van der Waals surface area contributed by atoms with Gasteiger partial charge in [0.2, 0.25) is 0 Å². The molecule has 0 amide bonds.